The molecule has 9 nitrogen and oxygen atoms in total. The lowest BCUT2D eigenvalue weighted by Gasteiger charge is -2.25. The van der Waals surface area contributed by atoms with Crippen LogP contribution < -0.4 is 15.4 Å². The Hall–Kier alpha value is -2.08. The first kappa shape index (κ1) is 23.2. The number of halogens is 1. The minimum Gasteiger partial charge on any atom is -0.504 e. The first-order valence-electron chi connectivity index (χ1n) is 9.45. The Morgan fingerprint density at radius 2 is 2.21 bits per heavy atom. The van der Waals surface area contributed by atoms with Gasteiger partial charge in [-0.25, -0.2) is 14.7 Å². The van der Waals surface area contributed by atoms with E-state index in [-0.39, 0.29) is 35.8 Å². The Morgan fingerprint density at radius 1 is 1.38 bits per heavy atom. The zero-order chi connectivity index (χ0) is 19.9. The smallest absolute Gasteiger partial charge is 0.191 e. The third-order valence-electron chi connectivity index (χ3n) is 4.52. The highest BCUT2D eigenvalue weighted by Gasteiger charge is 2.22. The number of aromatic nitrogens is 3. The molecule has 10 heteroatoms. The van der Waals surface area contributed by atoms with Gasteiger partial charge in [0.25, 0.3) is 0 Å². The molecule has 0 aliphatic carbocycles. The number of guanidine groups is 1. The van der Waals surface area contributed by atoms with E-state index in [0.717, 1.165) is 49.1 Å². The summed E-state index contributed by atoms with van der Waals surface area (Å²) in [5.74, 6) is 3.03. The number of aromatic hydroxyl groups is 1. The number of nitrogens with one attached hydrogen (secondary N) is 2. The molecule has 1 aliphatic heterocycles. The van der Waals surface area contributed by atoms with Crippen LogP contribution in [0.4, 0.5) is 0 Å². The zero-order valence-corrected chi connectivity index (χ0v) is 19.3. The normalized spacial score (nSPS) is 16.0. The molecule has 0 saturated heterocycles. The number of phenols is 1. The summed E-state index contributed by atoms with van der Waals surface area (Å²) >= 11 is 0. The minimum absolute atomic E-state index is 0. The third kappa shape index (κ3) is 6.20. The molecule has 0 saturated carbocycles. The van der Waals surface area contributed by atoms with Gasteiger partial charge in [-0.1, -0.05) is 6.07 Å². The van der Waals surface area contributed by atoms with Crippen molar-refractivity contribution < 1.29 is 14.6 Å². The molecular weight excluding hydrogens is 487 g/mol. The van der Waals surface area contributed by atoms with E-state index in [1.54, 1.807) is 19.2 Å². The number of fused-ring (bicyclic) bond motifs is 1. The summed E-state index contributed by atoms with van der Waals surface area (Å²) in [4.78, 5) is 9.15. The molecule has 0 spiro atoms. The second kappa shape index (κ2) is 11.2. The van der Waals surface area contributed by atoms with Gasteiger partial charge in [0.2, 0.25) is 0 Å². The Kier molecular flexibility index (Phi) is 8.96. The van der Waals surface area contributed by atoms with Crippen LogP contribution in [-0.2, 0) is 30.9 Å². The van der Waals surface area contributed by atoms with Crippen LogP contribution in [0.1, 0.15) is 30.6 Å². The fourth-order valence-corrected chi connectivity index (χ4v) is 3.19. The van der Waals surface area contributed by atoms with Gasteiger partial charge in [-0.2, -0.15) is 5.10 Å². The highest BCUT2D eigenvalue weighted by atomic mass is 127. The number of nitrogens with zero attached hydrogens (tertiary/aromatic N) is 4. The second-order valence-electron chi connectivity index (χ2n) is 6.64. The zero-order valence-electron chi connectivity index (χ0n) is 17.0. The molecule has 1 unspecified atom stereocenters. The molecule has 29 heavy (non-hydrogen) atoms. The SMILES string of the molecule is CCNC(=NCc1ccc(OC)c(O)c1)NC1CCc2nc(COC)nn2C1.I. The van der Waals surface area contributed by atoms with E-state index in [2.05, 4.69) is 25.7 Å². The largest absolute Gasteiger partial charge is 0.504 e. The maximum Gasteiger partial charge on any atom is 0.191 e. The molecule has 2 heterocycles. The van der Waals surface area contributed by atoms with E-state index in [4.69, 9.17) is 9.47 Å². The van der Waals surface area contributed by atoms with Crippen molar-refractivity contribution in [1.82, 2.24) is 25.4 Å². The van der Waals surface area contributed by atoms with Crippen LogP contribution in [0.3, 0.4) is 0 Å². The lowest BCUT2D eigenvalue weighted by molar-refractivity contribution is 0.177. The molecule has 1 atom stereocenters. The van der Waals surface area contributed by atoms with Gasteiger partial charge in [0.1, 0.15) is 12.4 Å². The maximum absolute atomic E-state index is 9.92. The van der Waals surface area contributed by atoms with Crippen molar-refractivity contribution in [2.75, 3.05) is 20.8 Å². The lowest BCUT2D eigenvalue weighted by Crippen LogP contribution is -2.47. The summed E-state index contributed by atoms with van der Waals surface area (Å²) in [5.41, 5.74) is 0.905. The molecule has 160 valence electrons. The highest BCUT2D eigenvalue weighted by molar-refractivity contribution is 14.0. The summed E-state index contributed by atoms with van der Waals surface area (Å²) < 4.78 is 12.1. The number of benzene rings is 1. The van der Waals surface area contributed by atoms with Crippen LogP contribution in [0, 0.1) is 0 Å². The van der Waals surface area contributed by atoms with Gasteiger partial charge < -0.3 is 25.2 Å². The Morgan fingerprint density at radius 3 is 2.90 bits per heavy atom. The Balaban J connectivity index is 0.00000300. The molecule has 0 fully saturated rings. The molecule has 0 radical (unpaired) electrons. The number of aryl methyl sites for hydroxylation is 1. The number of phenolic OH excluding ortho intramolecular Hbond substituents is 1. The van der Waals surface area contributed by atoms with E-state index < -0.39 is 0 Å². The molecular formula is C19H29IN6O3. The van der Waals surface area contributed by atoms with E-state index >= 15 is 0 Å². The summed E-state index contributed by atoms with van der Waals surface area (Å²) in [6, 6.07) is 5.52. The van der Waals surface area contributed by atoms with E-state index in [1.165, 1.54) is 7.11 Å². The summed E-state index contributed by atoms with van der Waals surface area (Å²) in [6.07, 6.45) is 1.82. The minimum atomic E-state index is 0. The summed E-state index contributed by atoms with van der Waals surface area (Å²) in [7, 11) is 3.18. The number of ether oxygens (including phenoxy) is 2. The number of hydrogen-bond donors (Lipinski definition) is 3. The molecule has 1 aromatic carbocycles. The van der Waals surface area contributed by atoms with Gasteiger partial charge in [-0.15, -0.1) is 24.0 Å². The number of aliphatic imine (C=N–C) groups is 1. The lowest BCUT2D eigenvalue weighted by atomic mass is 10.1. The van der Waals surface area contributed by atoms with Crippen molar-refractivity contribution in [3.8, 4) is 11.5 Å². The fourth-order valence-electron chi connectivity index (χ4n) is 3.19. The Labute approximate surface area is 187 Å². The van der Waals surface area contributed by atoms with Crippen LogP contribution in [0.2, 0.25) is 0 Å². The summed E-state index contributed by atoms with van der Waals surface area (Å²) in [5, 5.41) is 21.2. The second-order valence-corrected chi connectivity index (χ2v) is 6.64. The molecule has 1 aliphatic rings. The van der Waals surface area contributed by atoms with Crippen LogP contribution in [0.15, 0.2) is 23.2 Å². The van der Waals surface area contributed by atoms with Crippen molar-refractivity contribution in [1.29, 1.82) is 0 Å². The van der Waals surface area contributed by atoms with Crippen molar-refractivity contribution in [3.05, 3.63) is 35.4 Å². The molecule has 2 aromatic rings. The third-order valence-corrected chi connectivity index (χ3v) is 4.52. The van der Waals surface area contributed by atoms with Gasteiger partial charge in [-0.3, -0.25) is 0 Å². The number of methoxy groups -OCH3 is 2. The topological polar surface area (TPSA) is 106 Å². The van der Waals surface area contributed by atoms with Crippen LogP contribution in [0.25, 0.3) is 0 Å². The maximum atomic E-state index is 9.92. The molecule has 1 aromatic heterocycles. The molecule has 0 amide bonds. The average Bonchev–Trinajstić information content (AvgIpc) is 3.08. The van der Waals surface area contributed by atoms with Crippen molar-refractivity contribution in [3.63, 3.8) is 0 Å². The standard InChI is InChI=1S/C19H28N6O3.HI/c1-4-20-19(21-10-13-5-7-16(28-3)15(26)9-13)22-14-6-8-18-23-17(12-27-2)24-25(18)11-14;/h5,7,9,14,26H,4,6,8,10-12H2,1-3H3,(H2,20,21,22);1H. The van der Waals surface area contributed by atoms with Crippen molar-refractivity contribution in [2.24, 2.45) is 4.99 Å². The van der Waals surface area contributed by atoms with Gasteiger partial charge in [-0.05, 0) is 31.0 Å². The molecule has 3 rings (SSSR count). The summed E-state index contributed by atoms with van der Waals surface area (Å²) in [6.45, 7) is 4.41. The first-order valence-corrected chi connectivity index (χ1v) is 9.45. The van der Waals surface area contributed by atoms with Crippen LogP contribution in [0.5, 0.6) is 11.5 Å². The van der Waals surface area contributed by atoms with Crippen LogP contribution in [-0.4, -0.2) is 52.6 Å². The molecule has 3 N–H and O–H groups in total. The van der Waals surface area contributed by atoms with Gasteiger partial charge >= 0.3 is 0 Å². The van der Waals surface area contributed by atoms with Gasteiger partial charge in [0, 0.05) is 26.1 Å². The average molecular weight is 516 g/mol. The fraction of sp³-hybridized carbons (Fsp3) is 0.526. The van der Waals surface area contributed by atoms with Crippen LogP contribution >= 0.6 is 24.0 Å². The van der Waals surface area contributed by atoms with Gasteiger partial charge in [0.05, 0.1) is 20.2 Å². The number of rotatable bonds is 7. The van der Waals surface area contributed by atoms with E-state index in [1.807, 2.05) is 17.7 Å². The van der Waals surface area contributed by atoms with E-state index in [9.17, 15) is 5.11 Å². The Bertz CT molecular complexity index is 826. The first-order chi connectivity index (χ1) is 13.6. The predicted octanol–water partition coefficient (Wildman–Crippen LogP) is 1.83. The van der Waals surface area contributed by atoms with Crippen molar-refractivity contribution in [2.45, 2.75) is 45.5 Å². The monoisotopic (exact) mass is 516 g/mol. The highest BCUT2D eigenvalue weighted by Crippen LogP contribution is 2.26. The van der Waals surface area contributed by atoms with Crippen molar-refractivity contribution >= 4 is 29.9 Å². The predicted molar refractivity (Wildman–Crippen MR) is 121 cm³/mol. The molecule has 0 bridgehead atoms. The van der Waals surface area contributed by atoms with Gasteiger partial charge in [0.15, 0.2) is 23.3 Å². The van der Waals surface area contributed by atoms with E-state index in [0.29, 0.717) is 18.9 Å². The number of hydrogen-bond acceptors (Lipinski definition) is 6. The quantitative estimate of drug-likeness (QED) is 0.293.